The average molecular weight is 628 g/mol. The van der Waals surface area contributed by atoms with Crippen molar-refractivity contribution in [1.29, 1.82) is 0 Å². The van der Waals surface area contributed by atoms with Crippen LogP contribution < -0.4 is 9.64 Å². The zero-order chi connectivity index (χ0) is 31.7. The quantitative estimate of drug-likeness (QED) is 0.254. The van der Waals surface area contributed by atoms with Crippen LogP contribution >= 0.6 is 0 Å². The normalized spacial score (nSPS) is 26.6. The van der Waals surface area contributed by atoms with E-state index in [1.54, 1.807) is 18.2 Å². The Morgan fingerprint density at radius 3 is 2.71 bits per heavy atom. The standard InChI is InChI=1S/C33H34F5N5O2/c1-3-21-24(35)9-8-19-6-4-7-22(25(19)21)27-26(36)28-23(13-39-27)29(42-16-31(2,44)15-33(37,38)17-42)41-30(40-28)45-18-32-10-5-11-43(32)14-20(34)12-32/h4,6-9,13,20,44H,3,5,10-12,14-18H2,1-2H3/t20-,31-,32+/m1/s1. The van der Waals surface area contributed by atoms with Gasteiger partial charge in [-0.05, 0) is 55.1 Å². The summed E-state index contributed by atoms with van der Waals surface area (Å²) in [5.41, 5.74) is -1.83. The molecule has 0 saturated carbocycles. The third-order valence-electron chi connectivity index (χ3n) is 9.47. The molecule has 3 fully saturated rings. The number of anilines is 1. The molecule has 0 amide bonds. The monoisotopic (exact) mass is 627 g/mol. The molecular weight excluding hydrogens is 593 g/mol. The second-order valence-electron chi connectivity index (χ2n) is 13.0. The summed E-state index contributed by atoms with van der Waals surface area (Å²) in [4.78, 5) is 16.5. The summed E-state index contributed by atoms with van der Waals surface area (Å²) < 4.78 is 81.7. The molecule has 3 atom stereocenters. The zero-order valence-electron chi connectivity index (χ0n) is 25.1. The van der Waals surface area contributed by atoms with Gasteiger partial charge in [0.2, 0.25) is 0 Å². The lowest BCUT2D eigenvalue weighted by Gasteiger charge is -2.42. The van der Waals surface area contributed by atoms with Crippen LogP contribution in [0.2, 0.25) is 0 Å². The van der Waals surface area contributed by atoms with Gasteiger partial charge < -0.3 is 14.7 Å². The van der Waals surface area contributed by atoms with Crippen LogP contribution in [0.3, 0.4) is 0 Å². The lowest BCUT2D eigenvalue weighted by Crippen LogP contribution is -2.55. The van der Waals surface area contributed by atoms with Crippen LogP contribution in [-0.4, -0.2) is 81.0 Å². The summed E-state index contributed by atoms with van der Waals surface area (Å²) in [6, 6.07) is 7.94. The molecule has 5 heterocycles. The molecule has 2 aromatic carbocycles. The van der Waals surface area contributed by atoms with Crippen LogP contribution in [-0.2, 0) is 6.42 Å². The van der Waals surface area contributed by atoms with E-state index in [0.29, 0.717) is 34.9 Å². The van der Waals surface area contributed by atoms with Gasteiger partial charge in [-0.25, -0.2) is 22.0 Å². The highest BCUT2D eigenvalue weighted by Gasteiger charge is 2.50. The molecule has 3 aliphatic heterocycles. The number of nitrogens with zero attached hydrogens (tertiary/aromatic N) is 5. The van der Waals surface area contributed by atoms with E-state index in [1.807, 2.05) is 13.0 Å². The van der Waals surface area contributed by atoms with Crippen molar-refractivity contribution in [2.24, 2.45) is 0 Å². The summed E-state index contributed by atoms with van der Waals surface area (Å²) in [5, 5.41) is 12.0. The summed E-state index contributed by atoms with van der Waals surface area (Å²) in [5.74, 6) is -4.57. The number of hydrogen-bond acceptors (Lipinski definition) is 7. The Kier molecular flexibility index (Phi) is 7.16. The van der Waals surface area contributed by atoms with Crippen molar-refractivity contribution < 1.29 is 31.8 Å². The van der Waals surface area contributed by atoms with Crippen molar-refractivity contribution in [2.75, 3.05) is 37.7 Å². The number of aliphatic hydroxyl groups is 1. The van der Waals surface area contributed by atoms with E-state index < -0.39 is 47.8 Å². The molecular formula is C33H34F5N5O2. The van der Waals surface area contributed by atoms with Crippen molar-refractivity contribution >= 4 is 27.5 Å². The predicted molar refractivity (Wildman–Crippen MR) is 161 cm³/mol. The second-order valence-corrected chi connectivity index (χ2v) is 13.0. The first kappa shape index (κ1) is 30.0. The fourth-order valence-electron chi connectivity index (χ4n) is 7.70. The van der Waals surface area contributed by atoms with Gasteiger partial charge in [0.05, 0.1) is 23.1 Å². The molecule has 1 N–H and O–H groups in total. The van der Waals surface area contributed by atoms with E-state index in [0.717, 1.165) is 19.4 Å². The first-order valence-electron chi connectivity index (χ1n) is 15.3. The van der Waals surface area contributed by atoms with Gasteiger partial charge in [-0.15, -0.1) is 0 Å². The van der Waals surface area contributed by atoms with Gasteiger partial charge in [0.25, 0.3) is 5.92 Å². The largest absolute Gasteiger partial charge is 0.461 e. The highest BCUT2D eigenvalue weighted by atomic mass is 19.3. The van der Waals surface area contributed by atoms with E-state index in [4.69, 9.17) is 4.74 Å². The SMILES string of the molecule is CCc1c(F)ccc2cccc(-c3ncc4c(N5CC(F)(F)C[C@@](C)(O)C5)nc(OC[C@@]56CCCN5C[C@H](F)C6)nc4c3F)c12. The molecule has 12 heteroatoms. The number of piperidine rings is 1. The van der Waals surface area contributed by atoms with Gasteiger partial charge in [0, 0.05) is 37.7 Å². The molecule has 2 aromatic heterocycles. The third-order valence-corrected chi connectivity index (χ3v) is 9.47. The van der Waals surface area contributed by atoms with Gasteiger partial charge in [0.1, 0.15) is 35.6 Å². The topological polar surface area (TPSA) is 74.6 Å². The van der Waals surface area contributed by atoms with Gasteiger partial charge in [0.15, 0.2) is 5.82 Å². The van der Waals surface area contributed by atoms with Crippen LogP contribution in [0.5, 0.6) is 6.01 Å². The molecule has 238 valence electrons. The zero-order valence-corrected chi connectivity index (χ0v) is 25.1. The molecule has 3 aliphatic rings. The van der Waals surface area contributed by atoms with Crippen molar-refractivity contribution in [1.82, 2.24) is 19.9 Å². The van der Waals surface area contributed by atoms with E-state index in [-0.39, 0.29) is 48.0 Å². The number of alkyl halides is 3. The first-order valence-corrected chi connectivity index (χ1v) is 15.3. The minimum atomic E-state index is -3.25. The number of rotatable bonds is 6. The second kappa shape index (κ2) is 10.7. The Bertz CT molecular complexity index is 1790. The highest BCUT2D eigenvalue weighted by molar-refractivity contribution is 6.00. The van der Waals surface area contributed by atoms with Gasteiger partial charge in [-0.3, -0.25) is 9.88 Å². The van der Waals surface area contributed by atoms with Crippen LogP contribution in [0.15, 0.2) is 36.5 Å². The van der Waals surface area contributed by atoms with E-state index in [2.05, 4.69) is 19.9 Å². The lowest BCUT2D eigenvalue weighted by molar-refractivity contribution is -0.0928. The number of benzene rings is 2. The smallest absolute Gasteiger partial charge is 0.319 e. The number of aryl methyl sites for hydroxylation is 1. The Morgan fingerprint density at radius 1 is 1.11 bits per heavy atom. The molecule has 0 spiro atoms. The van der Waals surface area contributed by atoms with Crippen LogP contribution in [0.1, 0.15) is 45.1 Å². The van der Waals surface area contributed by atoms with Gasteiger partial charge in [-0.2, -0.15) is 9.97 Å². The van der Waals surface area contributed by atoms with Crippen LogP contribution in [0.25, 0.3) is 32.9 Å². The predicted octanol–water partition coefficient (Wildman–Crippen LogP) is 6.24. The minimum absolute atomic E-state index is 0.0499. The summed E-state index contributed by atoms with van der Waals surface area (Å²) in [6.07, 6.45) is 1.83. The van der Waals surface area contributed by atoms with Gasteiger partial charge >= 0.3 is 6.01 Å². The lowest BCUT2D eigenvalue weighted by atomic mass is 9.92. The number of pyridine rings is 1. The maximum Gasteiger partial charge on any atom is 0.319 e. The van der Waals surface area contributed by atoms with E-state index in [9.17, 15) is 22.7 Å². The molecule has 0 radical (unpaired) electrons. The molecule has 0 aliphatic carbocycles. The van der Waals surface area contributed by atoms with Crippen molar-refractivity contribution in [3.63, 3.8) is 0 Å². The Labute approximate surface area is 257 Å². The summed E-state index contributed by atoms with van der Waals surface area (Å²) in [6.45, 7) is 3.26. The highest BCUT2D eigenvalue weighted by Crippen LogP contribution is 2.42. The van der Waals surface area contributed by atoms with Crippen molar-refractivity contribution in [3.05, 3.63) is 53.7 Å². The number of halogens is 5. The molecule has 0 bridgehead atoms. The summed E-state index contributed by atoms with van der Waals surface area (Å²) >= 11 is 0. The maximum absolute atomic E-state index is 16.7. The molecule has 3 saturated heterocycles. The van der Waals surface area contributed by atoms with Crippen LogP contribution in [0, 0.1) is 11.6 Å². The summed E-state index contributed by atoms with van der Waals surface area (Å²) in [7, 11) is 0. The van der Waals surface area contributed by atoms with Gasteiger partial charge in [-0.1, -0.05) is 31.2 Å². The van der Waals surface area contributed by atoms with E-state index in [1.165, 1.54) is 24.1 Å². The Balaban J connectivity index is 1.38. The fraction of sp³-hybridized carbons (Fsp3) is 0.485. The van der Waals surface area contributed by atoms with E-state index >= 15 is 4.39 Å². The van der Waals surface area contributed by atoms with Crippen molar-refractivity contribution in [2.45, 2.75) is 69.2 Å². The molecule has 0 unspecified atom stereocenters. The number of hydrogen-bond donors (Lipinski definition) is 1. The number of ether oxygens (including phenoxy) is 1. The molecule has 45 heavy (non-hydrogen) atoms. The first-order chi connectivity index (χ1) is 21.4. The number of β-amino-alcohol motifs (C(OH)–C–C–N with tert-alkyl or cyclic N) is 1. The Morgan fingerprint density at radius 2 is 1.93 bits per heavy atom. The average Bonchev–Trinajstić information content (AvgIpc) is 3.50. The number of fused-ring (bicyclic) bond motifs is 3. The minimum Gasteiger partial charge on any atom is -0.461 e. The molecule has 7 nitrogen and oxygen atoms in total. The Hall–Kier alpha value is -3.64. The maximum atomic E-state index is 16.7. The molecule has 7 rings (SSSR count). The third kappa shape index (κ3) is 5.25. The molecule has 4 aromatic rings. The fourth-order valence-corrected chi connectivity index (χ4v) is 7.70. The van der Waals surface area contributed by atoms with Crippen LogP contribution in [0.4, 0.5) is 27.8 Å². The van der Waals surface area contributed by atoms with Crippen molar-refractivity contribution in [3.8, 4) is 17.3 Å². The number of aromatic nitrogens is 3.